The summed E-state index contributed by atoms with van der Waals surface area (Å²) in [5.41, 5.74) is 1.53. The number of nitrogens with zero attached hydrogens (tertiary/aromatic N) is 1. The van der Waals surface area contributed by atoms with Crippen LogP contribution in [0.1, 0.15) is 21.5 Å². The minimum Gasteiger partial charge on any atom is -0.478 e. The predicted molar refractivity (Wildman–Crippen MR) is 92.6 cm³/mol. The van der Waals surface area contributed by atoms with Crippen molar-refractivity contribution in [3.8, 4) is 0 Å². The third-order valence-corrected chi connectivity index (χ3v) is 6.06. The summed E-state index contributed by atoms with van der Waals surface area (Å²) in [6.45, 7) is 3.31. The van der Waals surface area contributed by atoms with Crippen molar-refractivity contribution >= 4 is 37.6 Å². The summed E-state index contributed by atoms with van der Waals surface area (Å²) >= 11 is 3.34. The van der Waals surface area contributed by atoms with Crippen molar-refractivity contribution in [3.05, 3.63) is 57.6 Å². The minimum atomic E-state index is -3.86. The van der Waals surface area contributed by atoms with Gasteiger partial charge in [0.1, 0.15) is 0 Å². The van der Waals surface area contributed by atoms with Gasteiger partial charge in [0.2, 0.25) is 0 Å². The molecule has 2 aromatic rings. The maximum Gasteiger partial charge on any atom is 0.335 e. The number of carbonyl (C=O) groups is 1. The van der Waals surface area contributed by atoms with E-state index in [1.165, 1.54) is 36.5 Å². The normalized spacial score (nSPS) is 11.3. The maximum atomic E-state index is 12.9. The highest BCUT2D eigenvalue weighted by Crippen LogP contribution is 2.29. The van der Waals surface area contributed by atoms with E-state index in [0.29, 0.717) is 5.69 Å². The molecule has 0 spiro atoms. The van der Waals surface area contributed by atoms with Crippen LogP contribution in [0.4, 0.5) is 5.69 Å². The van der Waals surface area contributed by atoms with Gasteiger partial charge in [-0.3, -0.25) is 4.31 Å². The molecule has 0 fully saturated rings. The van der Waals surface area contributed by atoms with Crippen molar-refractivity contribution < 1.29 is 18.3 Å². The number of rotatable bonds is 4. The largest absolute Gasteiger partial charge is 0.478 e. The molecule has 2 rings (SSSR count). The Hall–Kier alpha value is -1.86. The minimum absolute atomic E-state index is 0.0118. The third-order valence-electron chi connectivity index (χ3n) is 3.65. The molecule has 122 valence electrons. The van der Waals surface area contributed by atoms with Crippen LogP contribution < -0.4 is 4.31 Å². The Morgan fingerprint density at radius 1 is 1.17 bits per heavy atom. The summed E-state index contributed by atoms with van der Waals surface area (Å²) in [6.07, 6.45) is 0. The number of carboxylic acids is 1. The molecular formula is C16H16BrNO4S. The van der Waals surface area contributed by atoms with Crippen molar-refractivity contribution in [1.82, 2.24) is 0 Å². The Labute approximate surface area is 143 Å². The van der Waals surface area contributed by atoms with Crippen LogP contribution in [0, 0.1) is 13.8 Å². The van der Waals surface area contributed by atoms with Crippen LogP contribution in [-0.2, 0) is 10.0 Å². The number of sulfonamides is 1. The molecule has 0 aliphatic rings. The van der Waals surface area contributed by atoms with Crippen LogP contribution >= 0.6 is 15.9 Å². The zero-order valence-electron chi connectivity index (χ0n) is 12.9. The molecule has 0 amide bonds. The van der Waals surface area contributed by atoms with Gasteiger partial charge in [-0.2, -0.15) is 0 Å². The van der Waals surface area contributed by atoms with E-state index in [9.17, 15) is 18.3 Å². The average molecular weight is 398 g/mol. The lowest BCUT2D eigenvalue weighted by Gasteiger charge is -2.23. The number of carboxylic acid groups (broad SMARTS) is 1. The Morgan fingerprint density at radius 3 is 2.39 bits per heavy atom. The molecule has 5 nitrogen and oxygen atoms in total. The predicted octanol–water partition coefficient (Wildman–Crippen LogP) is 3.59. The first-order valence-electron chi connectivity index (χ1n) is 6.74. The second-order valence-corrected chi connectivity index (χ2v) is 7.99. The molecule has 23 heavy (non-hydrogen) atoms. The highest BCUT2D eigenvalue weighted by molar-refractivity contribution is 9.10. The zero-order valence-corrected chi connectivity index (χ0v) is 15.3. The fourth-order valence-corrected chi connectivity index (χ4v) is 4.36. The molecule has 0 heterocycles. The number of hydrogen-bond acceptors (Lipinski definition) is 3. The molecule has 7 heteroatoms. The van der Waals surface area contributed by atoms with Gasteiger partial charge in [-0.25, -0.2) is 13.2 Å². The molecule has 0 atom stereocenters. The monoisotopic (exact) mass is 397 g/mol. The molecule has 0 bridgehead atoms. The van der Waals surface area contributed by atoms with Crippen LogP contribution in [0.3, 0.4) is 0 Å². The lowest BCUT2D eigenvalue weighted by molar-refractivity contribution is 0.0696. The highest BCUT2D eigenvalue weighted by atomic mass is 79.9. The molecule has 1 N–H and O–H groups in total. The summed E-state index contributed by atoms with van der Waals surface area (Å²) in [5, 5.41) is 9.17. The summed E-state index contributed by atoms with van der Waals surface area (Å²) in [4.78, 5) is 11.2. The zero-order chi connectivity index (χ0) is 17.4. The van der Waals surface area contributed by atoms with Crippen molar-refractivity contribution in [1.29, 1.82) is 0 Å². The number of halogens is 1. The Balaban J connectivity index is 2.58. The van der Waals surface area contributed by atoms with E-state index in [1.807, 2.05) is 13.0 Å². The second-order valence-electron chi connectivity index (χ2n) is 5.14. The van der Waals surface area contributed by atoms with Gasteiger partial charge in [-0.1, -0.05) is 22.0 Å². The van der Waals surface area contributed by atoms with Crippen LogP contribution in [-0.4, -0.2) is 26.5 Å². The summed E-state index contributed by atoms with van der Waals surface area (Å²) in [7, 11) is -2.40. The number of aryl methyl sites for hydroxylation is 1. The van der Waals surface area contributed by atoms with Gasteiger partial charge in [-0.15, -0.1) is 0 Å². The van der Waals surface area contributed by atoms with Crippen molar-refractivity contribution in [2.45, 2.75) is 18.7 Å². The Morgan fingerprint density at radius 2 is 1.83 bits per heavy atom. The molecule has 0 aromatic heterocycles. The first kappa shape index (κ1) is 17.5. The van der Waals surface area contributed by atoms with Crippen LogP contribution in [0.5, 0.6) is 0 Å². The molecule has 0 saturated heterocycles. The lowest BCUT2D eigenvalue weighted by Crippen LogP contribution is -2.28. The molecule has 0 radical (unpaired) electrons. The standard InChI is InChI=1S/C16H16BrNO4S/c1-10-9-12(17)7-8-14(10)18(3)23(21,22)15-6-4-5-13(11(15)2)16(19)20/h4-9H,1-3H3,(H,19,20). The molecule has 2 aromatic carbocycles. The maximum absolute atomic E-state index is 12.9. The fourth-order valence-electron chi connectivity index (χ4n) is 2.37. The van der Waals surface area contributed by atoms with E-state index in [1.54, 1.807) is 12.1 Å². The quantitative estimate of drug-likeness (QED) is 0.854. The molecule has 0 saturated carbocycles. The first-order chi connectivity index (χ1) is 10.7. The van der Waals surface area contributed by atoms with Gasteiger partial charge in [0.05, 0.1) is 16.1 Å². The van der Waals surface area contributed by atoms with Crippen molar-refractivity contribution in [2.24, 2.45) is 0 Å². The van der Waals surface area contributed by atoms with E-state index >= 15 is 0 Å². The number of benzene rings is 2. The SMILES string of the molecule is Cc1cc(Br)ccc1N(C)S(=O)(=O)c1cccc(C(=O)O)c1C. The number of anilines is 1. The lowest BCUT2D eigenvalue weighted by atomic mass is 10.1. The van der Waals surface area contributed by atoms with Gasteiger partial charge in [0, 0.05) is 11.5 Å². The summed E-state index contributed by atoms with van der Waals surface area (Å²) in [6, 6.07) is 9.53. The van der Waals surface area contributed by atoms with Gasteiger partial charge in [0.25, 0.3) is 10.0 Å². The Bertz CT molecular complexity index is 878. The van der Waals surface area contributed by atoms with Crippen molar-refractivity contribution in [2.75, 3.05) is 11.4 Å². The van der Waals surface area contributed by atoms with E-state index in [0.717, 1.165) is 10.0 Å². The van der Waals surface area contributed by atoms with Crippen molar-refractivity contribution in [3.63, 3.8) is 0 Å². The van der Waals surface area contributed by atoms with Crippen LogP contribution in [0.2, 0.25) is 0 Å². The van der Waals surface area contributed by atoms with Crippen LogP contribution in [0.15, 0.2) is 45.8 Å². The molecule has 0 aliphatic heterocycles. The first-order valence-corrected chi connectivity index (χ1v) is 8.97. The third kappa shape index (κ3) is 3.25. The van der Waals surface area contributed by atoms with Gasteiger partial charge in [0.15, 0.2) is 0 Å². The number of aromatic carboxylic acids is 1. The van der Waals surface area contributed by atoms with E-state index < -0.39 is 16.0 Å². The number of hydrogen-bond donors (Lipinski definition) is 1. The second kappa shape index (κ2) is 6.33. The highest BCUT2D eigenvalue weighted by Gasteiger charge is 2.26. The fraction of sp³-hybridized carbons (Fsp3) is 0.188. The van der Waals surface area contributed by atoms with Gasteiger partial charge < -0.3 is 5.11 Å². The van der Waals surface area contributed by atoms with Gasteiger partial charge in [-0.05, 0) is 55.3 Å². The average Bonchev–Trinajstić information content (AvgIpc) is 2.46. The molecular weight excluding hydrogens is 382 g/mol. The smallest absolute Gasteiger partial charge is 0.335 e. The Kier molecular flexibility index (Phi) is 4.81. The summed E-state index contributed by atoms with van der Waals surface area (Å²) < 4.78 is 27.8. The van der Waals surface area contributed by atoms with E-state index in [4.69, 9.17) is 0 Å². The van der Waals surface area contributed by atoms with E-state index in [2.05, 4.69) is 15.9 Å². The topological polar surface area (TPSA) is 74.7 Å². The van der Waals surface area contributed by atoms with E-state index in [-0.39, 0.29) is 16.0 Å². The van der Waals surface area contributed by atoms with Gasteiger partial charge >= 0.3 is 5.97 Å². The molecule has 0 unspecified atom stereocenters. The summed E-state index contributed by atoms with van der Waals surface area (Å²) in [5.74, 6) is -1.15. The molecule has 0 aliphatic carbocycles. The van der Waals surface area contributed by atoms with Crippen LogP contribution in [0.25, 0.3) is 0 Å².